The summed E-state index contributed by atoms with van der Waals surface area (Å²) in [5.41, 5.74) is 4.63. The van der Waals surface area contributed by atoms with Crippen LogP contribution in [0.1, 0.15) is 39.0 Å². The summed E-state index contributed by atoms with van der Waals surface area (Å²) in [6.07, 6.45) is 2.24. The van der Waals surface area contributed by atoms with Gasteiger partial charge in [-0.25, -0.2) is 9.59 Å². The molecule has 0 bridgehead atoms. The van der Waals surface area contributed by atoms with Crippen LogP contribution < -0.4 is 4.90 Å². The number of ether oxygens (including phenoxy) is 1. The molecule has 0 amide bonds. The second kappa shape index (κ2) is 8.52. The minimum absolute atomic E-state index is 0.334. The van der Waals surface area contributed by atoms with Gasteiger partial charge in [0.25, 0.3) is 0 Å². The fourth-order valence-electron chi connectivity index (χ4n) is 3.56. The van der Waals surface area contributed by atoms with Gasteiger partial charge in [0.05, 0.1) is 11.1 Å². The van der Waals surface area contributed by atoms with Gasteiger partial charge < -0.3 is 14.1 Å². The maximum Gasteiger partial charge on any atom is 0.346 e. The molecule has 0 aliphatic carbocycles. The number of esters is 2. The maximum atomic E-state index is 12.0. The lowest BCUT2D eigenvalue weighted by Crippen LogP contribution is -2.21. The van der Waals surface area contributed by atoms with Gasteiger partial charge in [-0.1, -0.05) is 11.6 Å². The number of hydrogen-bond acceptors (Lipinski definition) is 5. The standard InChI is InChI=1S/C24H27NO4/c1-6-25(7-2)19-11-8-17(9-12-19)21-14-18(16(5)28-21)10-13-20-22(15(3)4)24(27)29-23(20)26/h8-9,11-14H,6-7,10H2,1-5H3/b20-13+. The number of benzene rings is 1. The molecule has 0 radical (unpaired) electrons. The Morgan fingerprint density at radius 1 is 1.03 bits per heavy atom. The SMILES string of the molecule is CCN(CC)c1ccc(-c2cc(C/C=C3/C(=O)OC(=O)C3=C(C)C)c(C)o2)cc1. The van der Waals surface area contributed by atoms with E-state index in [-0.39, 0.29) is 0 Å². The van der Waals surface area contributed by atoms with Gasteiger partial charge in [-0.2, -0.15) is 0 Å². The third-order valence-corrected chi connectivity index (χ3v) is 5.21. The molecule has 152 valence electrons. The summed E-state index contributed by atoms with van der Waals surface area (Å²) in [4.78, 5) is 26.1. The van der Waals surface area contributed by atoms with Crippen LogP contribution in [0.25, 0.3) is 11.3 Å². The van der Waals surface area contributed by atoms with Gasteiger partial charge in [0.1, 0.15) is 11.5 Å². The first-order chi connectivity index (χ1) is 13.8. The van der Waals surface area contributed by atoms with Gasteiger partial charge in [0.15, 0.2) is 0 Å². The number of anilines is 1. The molecule has 0 unspecified atom stereocenters. The lowest BCUT2D eigenvalue weighted by atomic mass is 10.0. The molecule has 2 aromatic rings. The van der Waals surface area contributed by atoms with Crippen molar-refractivity contribution in [1.29, 1.82) is 0 Å². The monoisotopic (exact) mass is 393 g/mol. The van der Waals surface area contributed by atoms with Crippen molar-refractivity contribution in [2.24, 2.45) is 0 Å². The van der Waals surface area contributed by atoms with Gasteiger partial charge in [-0.3, -0.25) is 0 Å². The molecular formula is C24H27NO4. The predicted octanol–water partition coefficient (Wildman–Crippen LogP) is 4.99. The van der Waals surface area contributed by atoms with Crippen molar-refractivity contribution in [3.63, 3.8) is 0 Å². The van der Waals surface area contributed by atoms with Crippen LogP contribution in [0.5, 0.6) is 0 Å². The molecule has 3 rings (SSSR count). The molecule has 29 heavy (non-hydrogen) atoms. The second-order valence-electron chi connectivity index (χ2n) is 7.29. The van der Waals surface area contributed by atoms with E-state index in [0.717, 1.165) is 41.3 Å². The highest BCUT2D eigenvalue weighted by Crippen LogP contribution is 2.30. The van der Waals surface area contributed by atoms with Gasteiger partial charge in [-0.05, 0) is 76.9 Å². The summed E-state index contributed by atoms with van der Waals surface area (Å²) < 4.78 is 10.7. The van der Waals surface area contributed by atoms with Crippen molar-refractivity contribution in [1.82, 2.24) is 0 Å². The molecular weight excluding hydrogens is 366 g/mol. The molecule has 5 heteroatoms. The van der Waals surface area contributed by atoms with Gasteiger partial charge in [0, 0.05) is 24.3 Å². The van der Waals surface area contributed by atoms with Crippen LogP contribution in [0.4, 0.5) is 5.69 Å². The Morgan fingerprint density at radius 3 is 2.28 bits per heavy atom. The summed E-state index contributed by atoms with van der Waals surface area (Å²) in [7, 11) is 0. The molecule has 1 saturated heterocycles. The first-order valence-corrected chi connectivity index (χ1v) is 9.94. The van der Waals surface area contributed by atoms with E-state index in [4.69, 9.17) is 9.15 Å². The van der Waals surface area contributed by atoms with Crippen molar-refractivity contribution in [3.8, 4) is 11.3 Å². The number of carbonyl (C=O) groups is 2. The Balaban J connectivity index is 1.83. The number of furan rings is 1. The number of allylic oxidation sites excluding steroid dienone is 2. The van der Waals surface area contributed by atoms with Crippen LogP contribution in [0.3, 0.4) is 0 Å². The molecule has 5 nitrogen and oxygen atoms in total. The summed E-state index contributed by atoms with van der Waals surface area (Å²) in [5.74, 6) is 0.425. The molecule has 1 fully saturated rings. The molecule has 0 N–H and O–H groups in total. The Hall–Kier alpha value is -3.08. The van der Waals surface area contributed by atoms with E-state index in [9.17, 15) is 9.59 Å². The van der Waals surface area contributed by atoms with Crippen LogP contribution in [-0.2, 0) is 20.7 Å². The normalized spacial score (nSPS) is 15.2. The Labute approximate surface area is 171 Å². The van der Waals surface area contributed by atoms with E-state index < -0.39 is 11.9 Å². The zero-order valence-electron chi connectivity index (χ0n) is 17.7. The third-order valence-electron chi connectivity index (χ3n) is 5.21. The number of rotatable bonds is 6. The van der Waals surface area contributed by atoms with Gasteiger partial charge in [-0.15, -0.1) is 0 Å². The van der Waals surface area contributed by atoms with E-state index >= 15 is 0 Å². The molecule has 2 heterocycles. The van der Waals surface area contributed by atoms with Crippen molar-refractivity contribution in [2.45, 2.75) is 41.0 Å². The zero-order valence-corrected chi connectivity index (χ0v) is 17.7. The Kier molecular flexibility index (Phi) is 6.06. The minimum atomic E-state index is -0.584. The molecule has 1 aliphatic rings. The summed E-state index contributed by atoms with van der Waals surface area (Å²) in [5, 5.41) is 0. The van der Waals surface area contributed by atoms with Crippen molar-refractivity contribution in [2.75, 3.05) is 18.0 Å². The van der Waals surface area contributed by atoms with Crippen LogP contribution in [-0.4, -0.2) is 25.0 Å². The average molecular weight is 393 g/mol. The highest BCUT2D eigenvalue weighted by Gasteiger charge is 2.33. The van der Waals surface area contributed by atoms with Crippen molar-refractivity contribution in [3.05, 3.63) is 64.5 Å². The average Bonchev–Trinajstić information content (AvgIpc) is 3.20. The molecule has 0 saturated carbocycles. The second-order valence-corrected chi connectivity index (χ2v) is 7.29. The fourth-order valence-corrected chi connectivity index (χ4v) is 3.56. The highest BCUT2D eigenvalue weighted by molar-refractivity contribution is 6.18. The lowest BCUT2D eigenvalue weighted by molar-refractivity contribution is -0.149. The molecule has 1 aromatic heterocycles. The largest absolute Gasteiger partial charge is 0.461 e. The van der Waals surface area contributed by atoms with Crippen molar-refractivity contribution >= 4 is 17.6 Å². The fraction of sp³-hybridized carbons (Fsp3) is 0.333. The van der Waals surface area contributed by atoms with Crippen LogP contribution in [0, 0.1) is 6.92 Å². The third kappa shape index (κ3) is 4.19. The van der Waals surface area contributed by atoms with Gasteiger partial charge in [0.2, 0.25) is 0 Å². The van der Waals surface area contributed by atoms with E-state index in [0.29, 0.717) is 17.6 Å². The van der Waals surface area contributed by atoms with Gasteiger partial charge >= 0.3 is 11.9 Å². The number of cyclic esters (lactones) is 2. The molecule has 0 spiro atoms. The number of aryl methyl sites for hydroxylation is 1. The Morgan fingerprint density at radius 2 is 1.69 bits per heavy atom. The van der Waals surface area contributed by atoms with Crippen LogP contribution in [0.15, 0.2) is 57.5 Å². The smallest absolute Gasteiger partial charge is 0.346 e. The summed E-state index contributed by atoms with van der Waals surface area (Å²) in [6, 6.07) is 10.3. The van der Waals surface area contributed by atoms with E-state index in [2.05, 4.69) is 43.0 Å². The van der Waals surface area contributed by atoms with E-state index in [1.807, 2.05) is 13.0 Å². The molecule has 0 atom stereocenters. The predicted molar refractivity (Wildman–Crippen MR) is 114 cm³/mol. The number of hydrogen-bond donors (Lipinski definition) is 0. The highest BCUT2D eigenvalue weighted by atomic mass is 16.6. The number of carbonyl (C=O) groups excluding carboxylic acids is 2. The Bertz CT molecular complexity index is 984. The summed E-state index contributed by atoms with van der Waals surface area (Å²) >= 11 is 0. The van der Waals surface area contributed by atoms with E-state index in [1.165, 1.54) is 5.69 Å². The summed E-state index contributed by atoms with van der Waals surface area (Å²) in [6.45, 7) is 11.7. The number of nitrogens with zero attached hydrogens (tertiary/aromatic N) is 1. The minimum Gasteiger partial charge on any atom is -0.461 e. The lowest BCUT2D eigenvalue weighted by Gasteiger charge is -2.20. The van der Waals surface area contributed by atoms with Crippen LogP contribution in [0.2, 0.25) is 0 Å². The van der Waals surface area contributed by atoms with Crippen molar-refractivity contribution < 1.29 is 18.7 Å². The van der Waals surface area contributed by atoms with Crippen LogP contribution >= 0.6 is 0 Å². The molecule has 1 aliphatic heterocycles. The first kappa shape index (κ1) is 20.6. The topological polar surface area (TPSA) is 59.8 Å². The maximum absolute atomic E-state index is 12.0. The van der Waals surface area contributed by atoms with E-state index in [1.54, 1.807) is 19.9 Å². The molecule has 1 aromatic carbocycles. The first-order valence-electron chi connectivity index (χ1n) is 9.94. The zero-order chi connectivity index (χ0) is 21.1. The quantitative estimate of drug-likeness (QED) is 0.393.